The summed E-state index contributed by atoms with van der Waals surface area (Å²) < 4.78 is 23.3. The number of carbonyl (C=O) groups excluding carboxylic acids is 1. The Labute approximate surface area is 107 Å². The van der Waals surface area contributed by atoms with Gasteiger partial charge in [-0.1, -0.05) is 6.92 Å². The van der Waals surface area contributed by atoms with Gasteiger partial charge in [0, 0.05) is 19.3 Å². The first-order valence-electron chi connectivity index (χ1n) is 6.03. The number of hydrogen-bond acceptors (Lipinski definition) is 3. The van der Waals surface area contributed by atoms with Crippen LogP contribution < -0.4 is 0 Å². The van der Waals surface area contributed by atoms with Crippen LogP contribution in [0.3, 0.4) is 0 Å². The lowest BCUT2D eigenvalue weighted by molar-refractivity contribution is 0.0745. The van der Waals surface area contributed by atoms with E-state index in [9.17, 15) is 13.2 Å². The van der Waals surface area contributed by atoms with Gasteiger partial charge in [-0.3, -0.25) is 4.79 Å². The third-order valence-electron chi connectivity index (χ3n) is 3.20. The number of hydrogen-bond donors (Lipinski definition) is 1. The second-order valence-corrected chi connectivity index (χ2v) is 7.24. The van der Waals surface area contributed by atoms with E-state index in [-0.39, 0.29) is 29.9 Å². The normalized spacial score (nSPS) is 23.7. The first-order chi connectivity index (χ1) is 8.39. The predicted molar refractivity (Wildman–Crippen MR) is 69.3 cm³/mol. The smallest absolute Gasteiger partial charge is 0.270 e. The Morgan fingerprint density at radius 1 is 1.50 bits per heavy atom. The van der Waals surface area contributed by atoms with Gasteiger partial charge in [0.2, 0.25) is 0 Å². The van der Waals surface area contributed by atoms with Gasteiger partial charge in [0.15, 0.2) is 9.84 Å². The lowest BCUT2D eigenvalue weighted by Crippen LogP contribution is -2.35. The second-order valence-electron chi connectivity index (χ2n) is 5.01. The van der Waals surface area contributed by atoms with Crippen molar-refractivity contribution >= 4 is 15.7 Å². The minimum absolute atomic E-state index is 0.0169. The molecule has 1 aliphatic heterocycles. The van der Waals surface area contributed by atoms with Gasteiger partial charge in [0.1, 0.15) is 5.69 Å². The number of nitrogens with zero attached hydrogens (tertiary/aromatic N) is 1. The summed E-state index contributed by atoms with van der Waals surface area (Å²) in [6, 6.07) is 1.84. The number of aryl methyl sites for hydroxylation is 1. The summed E-state index contributed by atoms with van der Waals surface area (Å²) in [6.45, 7) is 4.51. The molecule has 1 aliphatic rings. The molecular weight excluding hydrogens is 252 g/mol. The molecule has 100 valence electrons. The van der Waals surface area contributed by atoms with Crippen molar-refractivity contribution in [2.75, 3.05) is 24.6 Å². The van der Waals surface area contributed by atoms with Gasteiger partial charge in [0.25, 0.3) is 5.91 Å². The summed E-state index contributed by atoms with van der Waals surface area (Å²) in [4.78, 5) is 16.8. The number of sulfone groups is 1. The third kappa shape index (κ3) is 2.75. The molecule has 18 heavy (non-hydrogen) atoms. The highest BCUT2D eigenvalue weighted by Crippen LogP contribution is 2.15. The summed E-state index contributed by atoms with van der Waals surface area (Å²) in [5.74, 6) is 0.0988. The number of carbonyl (C=O) groups is 1. The Balaban J connectivity index is 2.19. The van der Waals surface area contributed by atoms with E-state index in [1.807, 2.05) is 19.9 Å². The van der Waals surface area contributed by atoms with E-state index in [0.29, 0.717) is 12.2 Å². The molecule has 0 saturated carbocycles. The Bertz CT molecular complexity index is 547. The summed E-state index contributed by atoms with van der Waals surface area (Å²) >= 11 is 0. The van der Waals surface area contributed by atoms with E-state index in [4.69, 9.17) is 0 Å². The lowest BCUT2D eigenvalue weighted by atomic mass is 10.2. The van der Waals surface area contributed by atoms with E-state index in [0.717, 1.165) is 5.56 Å². The van der Waals surface area contributed by atoms with Crippen molar-refractivity contribution in [1.29, 1.82) is 0 Å². The molecule has 1 fully saturated rings. The van der Waals surface area contributed by atoms with E-state index in [1.165, 1.54) is 0 Å². The summed E-state index contributed by atoms with van der Waals surface area (Å²) in [6.07, 6.45) is 1.72. The quantitative estimate of drug-likeness (QED) is 0.821. The summed E-state index contributed by atoms with van der Waals surface area (Å²) in [5.41, 5.74) is 1.45. The molecule has 1 aromatic rings. The number of aromatic amines is 1. The molecule has 2 rings (SSSR count). The fourth-order valence-electron chi connectivity index (χ4n) is 2.31. The monoisotopic (exact) mass is 270 g/mol. The molecule has 5 nitrogen and oxygen atoms in total. The van der Waals surface area contributed by atoms with Crippen LogP contribution in [0.4, 0.5) is 0 Å². The largest absolute Gasteiger partial charge is 0.357 e. The van der Waals surface area contributed by atoms with Gasteiger partial charge in [-0.25, -0.2) is 8.42 Å². The van der Waals surface area contributed by atoms with Crippen LogP contribution >= 0.6 is 0 Å². The number of aromatic nitrogens is 1. The van der Waals surface area contributed by atoms with Gasteiger partial charge in [-0.15, -0.1) is 0 Å². The van der Waals surface area contributed by atoms with E-state index < -0.39 is 9.84 Å². The highest BCUT2D eigenvalue weighted by molar-refractivity contribution is 7.91. The first kappa shape index (κ1) is 13.1. The minimum Gasteiger partial charge on any atom is -0.357 e. The molecular formula is C12H18N2O3S. The molecule has 6 heteroatoms. The summed E-state index contributed by atoms with van der Waals surface area (Å²) in [5, 5.41) is 0. The van der Waals surface area contributed by atoms with Crippen LogP contribution in [0.25, 0.3) is 0 Å². The zero-order chi connectivity index (χ0) is 13.3. The van der Waals surface area contributed by atoms with E-state index in [2.05, 4.69) is 4.98 Å². The van der Waals surface area contributed by atoms with Crippen LogP contribution in [0.2, 0.25) is 0 Å². The van der Waals surface area contributed by atoms with Gasteiger partial charge < -0.3 is 9.88 Å². The van der Waals surface area contributed by atoms with Crippen molar-refractivity contribution in [2.24, 2.45) is 5.92 Å². The maximum absolute atomic E-state index is 12.3. The molecule has 1 amide bonds. The van der Waals surface area contributed by atoms with Crippen molar-refractivity contribution < 1.29 is 13.2 Å². The molecule has 0 radical (unpaired) electrons. The Hall–Kier alpha value is -1.30. The predicted octanol–water partition coefficient (Wildman–Crippen LogP) is 0.830. The van der Waals surface area contributed by atoms with Crippen molar-refractivity contribution in [2.45, 2.75) is 13.8 Å². The molecule has 0 spiro atoms. The average Bonchev–Trinajstić information content (AvgIpc) is 2.62. The number of nitrogens with one attached hydrogen (secondary N) is 1. The van der Waals surface area contributed by atoms with Crippen LogP contribution in [0.15, 0.2) is 12.3 Å². The molecule has 2 heterocycles. The molecule has 1 N–H and O–H groups in total. The molecule has 0 aromatic carbocycles. The van der Waals surface area contributed by atoms with Crippen LogP contribution in [0.5, 0.6) is 0 Å². The van der Waals surface area contributed by atoms with Crippen molar-refractivity contribution in [3.8, 4) is 0 Å². The molecule has 1 atom stereocenters. The number of H-pyrrole nitrogens is 1. The van der Waals surface area contributed by atoms with Crippen LogP contribution in [0.1, 0.15) is 23.0 Å². The Morgan fingerprint density at radius 2 is 2.22 bits per heavy atom. The zero-order valence-corrected chi connectivity index (χ0v) is 11.5. The van der Waals surface area contributed by atoms with Gasteiger partial charge in [-0.2, -0.15) is 0 Å². The standard InChI is InChI=1S/C12H18N2O3S/c1-9-7-14(5-6-18(16,17)8-9)12(15)11-10(2)3-4-13-11/h3-4,9,13H,5-8H2,1-2H3/t9-/m1/s1. The fourth-order valence-corrected chi connectivity index (χ4v) is 3.94. The average molecular weight is 270 g/mol. The first-order valence-corrected chi connectivity index (χ1v) is 7.85. The maximum Gasteiger partial charge on any atom is 0.270 e. The minimum atomic E-state index is -3.02. The molecule has 1 saturated heterocycles. The molecule has 0 aliphatic carbocycles. The lowest BCUT2D eigenvalue weighted by Gasteiger charge is -2.21. The summed E-state index contributed by atoms with van der Waals surface area (Å²) in [7, 11) is -3.02. The SMILES string of the molecule is Cc1cc[nH]c1C(=O)N1CCS(=O)(=O)C[C@H](C)C1. The third-order valence-corrected chi connectivity index (χ3v) is 5.08. The topological polar surface area (TPSA) is 70.2 Å². The zero-order valence-electron chi connectivity index (χ0n) is 10.6. The van der Waals surface area contributed by atoms with Crippen molar-refractivity contribution in [1.82, 2.24) is 9.88 Å². The highest BCUT2D eigenvalue weighted by Gasteiger charge is 2.28. The molecule has 1 aromatic heterocycles. The Kier molecular flexibility index (Phi) is 3.47. The molecule has 0 bridgehead atoms. The second kappa shape index (κ2) is 4.76. The Morgan fingerprint density at radius 3 is 2.83 bits per heavy atom. The van der Waals surface area contributed by atoms with Crippen molar-refractivity contribution in [3.63, 3.8) is 0 Å². The maximum atomic E-state index is 12.3. The van der Waals surface area contributed by atoms with Gasteiger partial charge in [0.05, 0.1) is 11.5 Å². The van der Waals surface area contributed by atoms with Crippen LogP contribution in [0, 0.1) is 12.8 Å². The van der Waals surface area contributed by atoms with E-state index in [1.54, 1.807) is 11.1 Å². The van der Waals surface area contributed by atoms with E-state index >= 15 is 0 Å². The van der Waals surface area contributed by atoms with Crippen molar-refractivity contribution in [3.05, 3.63) is 23.5 Å². The fraction of sp³-hybridized carbons (Fsp3) is 0.583. The number of amides is 1. The molecule has 0 unspecified atom stereocenters. The van der Waals surface area contributed by atoms with Crippen LogP contribution in [-0.4, -0.2) is 48.8 Å². The number of rotatable bonds is 1. The van der Waals surface area contributed by atoms with Gasteiger partial charge >= 0.3 is 0 Å². The highest BCUT2D eigenvalue weighted by atomic mass is 32.2. The van der Waals surface area contributed by atoms with Crippen LogP contribution in [-0.2, 0) is 9.84 Å². The van der Waals surface area contributed by atoms with Gasteiger partial charge in [-0.05, 0) is 24.5 Å².